The van der Waals surface area contributed by atoms with Crippen LogP contribution in [-0.2, 0) is 10.2 Å². The molecule has 0 aliphatic heterocycles. The molecule has 1 amide bonds. The van der Waals surface area contributed by atoms with Crippen molar-refractivity contribution < 1.29 is 14.6 Å². The molecular weight excluding hydrogens is 397 g/mol. The molecule has 0 saturated heterocycles. The van der Waals surface area contributed by atoms with Crippen molar-refractivity contribution in [1.82, 2.24) is 4.90 Å². The summed E-state index contributed by atoms with van der Waals surface area (Å²) in [7, 11) is 1.79. The highest BCUT2D eigenvalue weighted by Gasteiger charge is 2.51. The van der Waals surface area contributed by atoms with Crippen LogP contribution in [0.1, 0.15) is 64.9 Å². The van der Waals surface area contributed by atoms with Crippen LogP contribution in [0.25, 0.3) is 0 Å². The SMILES string of the molecule is CN(C(=O)OC(C)(C)C)[C@@H]1CCC[C@H]1[C@@H](O)C1(c2ccc(Cl)c(Cl)c2)CCC1. The first kappa shape index (κ1) is 21.7. The van der Waals surface area contributed by atoms with E-state index in [1.54, 1.807) is 11.9 Å². The standard InChI is InChI=1S/C22H31Cl2NO3/c1-21(2,3)28-20(27)25(4)18-8-5-7-15(18)19(26)22(11-6-12-22)14-9-10-16(23)17(24)13-14/h9-10,13,15,18-19,26H,5-8,11-12H2,1-4H3/t15-,18-,19-/m1/s1. The van der Waals surface area contributed by atoms with Crippen molar-refractivity contribution in [2.45, 2.75) is 82.5 Å². The predicted octanol–water partition coefficient (Wildman–Crippen LogP) is 5.81. The fourth-order valence-corrected chi connectivity index (χ4v) is 5.11. The lowest BCUT2D eigenvalue weighted by atomic mass is 9.58. The molecule has 3 rings (SSSR count). The lowest BCUT2D eigenvalue weighted by Crippen LogP contribution is -2.54. The van der Waals surface area contributed by atoms with Crippen LogP contribution in [0.4, 0.5) is 4.79 Å². The number of aliphatic hydroxyl groups excluding tert-OH is 1. The van der Waals surface area contributed by atoms with E-state index < -0.39 is 11.7 Å². The zero-order valence-corrected chi connectivity index (χ0v) is 18.7. The topological polar surface area (TPSA) is 49.8 Å². The van der Waals surface area contributed by atoms with E-state index in [4.69, 9.17) is 27.9 Å². The van der Waals surface area contributed by atoms with Gasteiger partial charge in [0.25, 0.3) is 0 Å². The highest BCUT2D eigenvalue weighted by Crippen LogP contribution is 2.52. The molecule has 156 valence electrons. The maximum atomic E-state index is 12.6. The van der Waals surface area contributed by atoms with Gasteiger partial charge in [-0.25, -0.2) is 4.79 Å². The molecule has 6 heteroatoms. The third kappa shape index (κ3) is 4.15. The van der Waals surface area contributed by atoms with Gasteiger partial charge < -0.3 is 14.7 Å². The van der Waals surface area contributed by atoms with Crippen molar-refractivity contribution in [3.63, 3.8) is 0 Å². The number of carbonyl (C=O) groups is 1. The monoisotopic (exact) mass is 427 g/mol. The highest BCUT2D eigenvalue weighted by atomic mass is 35.5. The number of aliphatic hydroxyl groups is 1. The summed E-state index contributed by atoms with van der Waals surface area (Å²) in [6.07, 6.45) is 4.85. The van der Waals surface area contributed by atoms with E-state index in [0.717, 1.165) is 44.1 Å². The van der Waals surface area contributed by atoms with Crippen LogP contribution >= 0.6 is 23.2 Å². The summed E-state index contributed by atoms with van der Waals surface area (Å²) in [5.41, 5.74) is 0.204. The Morgan fingerprint density at radius 2 is 1.89 bits per heavy atom. The second-order valence-electron chi connectivity index (χ2n) is 9.34. The molecule has 0 unspecified atom stereocenters. The average Bonchev–Trinajstić information content (AvgIpc) is 3.04. The van der Waals surface area contributed by atoms with E-state index in [1.165, 1.54) is 0 Å². The third-order valence-electron chi connectivity index (χ3n) is 6.42. The van der Waals surface area contributed by atoms with Crippen molar-refractivity contribution in [3.8, 4) is 0 Å². The fourth-order valence-electron chi connectivity index (χ4n) is 4.82. The molecule has 0 aromatic heterocycles. The van der Waals surface area contributed by atoms with E-state index in [-0.39, 0.29) is 23.5 Å². The lowest BCUT2D eigenvalue weighted by Gasteiger charge is -2.49. The summed E-state index contributed by atoms with van der Waals surface area (Å²) in [6, 6.07) is 5.67. The van der Waals surface area contributed by atoms with Gasteiger partial charge in [0.1, 0.15) is 5.60 Å². The van der Waals surface area contributed by atoms with E-state index >= 15 is 0 Å². The molecule has 3 atom stereocenters. The van der Waals surface area contributed by atoms with Crippen molar-refractivity contribution in [2.75, 3.05) is 7.05 Å². The number of hydrogen-bond donors (Lipinski definition) is 1. The van der Waals surface area contributed by atoms with Gasteiger partial charge in [0.15, 0.2) is 0 Å². The Labute approximate surface area is 178 Å². The molecular formula is C22H31Cl2NO3. The smallest absolute Gasteiger partial charge is 0.410 e. The van der Waals surface area contributed by atoms with Crippen LogP contribution in [-0.4, -0.2) is 40.9 Å². The van der Waals surface area contributed by atoms with Crippen molar-refractivity contribution in [2.24, 2.45) is 5.92 Å². The van der Waals surface area contributed by atoms with Gasteiger partial charge in [-0.2, -0.15) is 0 Å². The summed E-state index contributed by atoms with van der Waals surface area (Å²) in [5.74, 6) is 0.0206. The van der Waals surface area contributed by atoms with Crippen molar-refractivity contribution in [1.29, 1.82) is 0 Å². The van der Waals surface area contributed by atoms with Crippen LogP contribution in [0.3, 0.4) is 0 Å². The average molecular weight is 428 g/mol. The predicted molar refractivity (Wildman–Crippen MR) is 113 cm³/mol. The Balaban J connectivity index is 1.82. The maximum Gasteiger partial charge on any atom is 0.410 e. The lowest BCUT2D eigenvalue weighted by molar-refractivity contribution is -0.0380. The van der Waals surface area contributed by atoms with Crippen molar-refractivity contribution in [3.05, 3.63) is 33.8 Å². The Hall–Kier alpha value is -0.970. The van der Waals surface area contributed by atoms with Gasteiger partial charge in [0.05, 0.1) is 16.1 Å². The van der Waals surface area contributed by atoms with Gasteiger partial charge in [0, 0.05) is 24.4 Å². The zero-order chi connectivity index (χ0) is 20.7. The number of hydrogen-bond acceptors (Lipinski definition) is 3. The second-order valence-corrected chi connectivity index (χ2v) is 10.2. The van der Waals surface area contributed by atoms with Crippen molar-refractivity contribution >= 4 is 29.3 Å². The number of carbonyl (C=O) groups excluding carboxylic acids is 1. The minimum Gasteiger partial charge on any atom is -0.444 e. The van der Waals surface area contributed by atoms with Crippen LogP contribution in [0.15, 0.2) is 18.2 Å². The van der Waals surface area contributed by atoms with Gasteiger partial charge >= 0.3 is 6.09 Å². The summed E-state index contributed by atoms with van der Waals surface area (Å²) < 4.78 is 5.55. The Bertz CT molecular complexity index is 727. The number of amides is 1. The Morgan fingerprint density at radius 3 is 2.43 bits per heavy atom. The molecule has 1 aromatic carbocycles. The van der Waals surface area contributed by atoms with Gasteiger partial charge in [-0.15, -0.1) is 0 Å². The van der Waals surface area contributed by atoms with Gasteiger partial charge in [-0.05, 0) is 64.2 Å². The summed E-state index contributed by atoms with van der Waals surface area (Å²) in [5, 5.41) is 12.6. The largest absolute Gasteiger partial charge is 0.444 e. The third-order valence-corrected chi connectivity index (χ3v) is 7.16. The first-order valence-corrected chi connectivity index (χ1v) is 10.9. The normalized spacial score (nSPS) is 25.1. The van der Waals surface area contributed by atoms with Crippen LogP contribution in [0.5, 0.6) is 0 Å². The van der Waals surface area contributed by atoms with Crippen LogP contribution < -0.4 is 0 Å². The molecule has 1 aromatic rings. The molecule has 2 aliphatic carbocycles. The molecule has 1 N–H and O–H groups in total. The van der Waals surface area contributed by atoms with Crippen LogP contribution in [0.2, 0.25) is 10.0 Å². The zero-order valence-electron chi connectivity index (χ0n) is 17.2. The molecule has 0 heterocycles. The summed E-state index contributed by atoms with van der Waals surface area (Å²) in [4.78, 5) is 14.3. The molecule has 28 heavy (non-hydrogen) atoms. The van der Waals surface area contributed by atoms with E-state index in [0.29, 0.717) is 10.0 Å². The maximum absolute atomic E-state index is 12.6. The quantitative estimate of drug-likeness (QED) is 0.658. The van der Waals surface area contributed by atoms with Gasteiger partial charge in [-0.3, -0.25) is 0 Å². The molecule has 2 aliphatic rings. The summed E-state index contributed by atoms with van der Waals surface area (Å²) >= 11 is 12.4. The fraction of sp³-hybridized carbons (Fsp3) is 0.682. The Kier molecular flexibility index (Phi) is 6.24. The number of rotatable bonds is 4. The first-order valence-electron chi connectivity index (χ1n) is 10.1. The number of ether oxygens (including phenoxy) is 1. The van der Waals surface area contributed by atoms with E-state index in [9.17, 15) is 9.90 Å². The van der Waals surface area contributed by atoms with Gasteiger partial charge in [-0.1, -0.05) is 42.1 Å². The number of benzene rings is 1. The molecule has 4 nitrogen and oxygen atoms in total. The molecule has 0 radical (unpaired) electrons. The van der Waals surface area contributed by atoms with Crippen LogP contribution in [0, 0.1) is 5.92 Å². The molecule has 2 saturated carbocycles. The summed E-state index contributed by atoms with van der Waals surface area (Å²) in [6.45, 7) is 5.61. The minimum absolute atomic E-state index is 0.0206. The number of halogens is 2. The highest BCUT2D eigenvalue weighted by molar-refractivity contribution is 6.42. The van der Waals surface area contributed by atoms with Gasteiger partial charge in [0.2, 0.25) is 0 Å². The first-order chi connectivity index (χ1) is 13.0. The second kappa shape index (κ2) is 8.04. The number of nitrogens with zero attached hydrogens (tertiary/aromatic N) is 1. The van der Waals surface area contributed by atoms with E-state index in [2.05, 4.69) is 0 Å². The molecule has 2 fully saturated rings. The van der Waals surface area contributed by atoms with E-state index in [1.807, 2.05) is 39.0 Å². The molecule has 0 spiro atoms. The molecule has 0 bridgehead atoms. The Morgan fingerprint density at radius 1 is 1.21 bits per heavy atom. The minimum atomic E-state index is -0.534.